The fourth-order valence-electron chi connectivity index (χ4n) is 2.06. The summed E-state index contributed by atoms with van der Waals surface area (Å²) in [5.41, 5.74) is 1.04. The van der Waals surface area contributed by atoms with Crippen molar-refractivity contribution in [3.63, 3.8) is 0 Å². The molecule has 1 atom stereocenters. The fraction of sp³-hybridized carbons (Fsp3) is 0.538. The molecule has 3 heteroatoms. The summed E-state index contributed by atoms with van der Waals surface area (Å²) in [6, 6.07) is 5.39. The van der Waals surface area contributed by atoms with Crippen LogP contribution in [0.2, 0.25) is 0 Å². The van der Waals surface area contributed by atoms with E-state index in [4.69, 9.17) is 0 Å². The predicted octanol–water partition coefficient (Wildman–Crippen LogP) is 4.04. The molecule has 2 rings (SSSR count). The molecule has 0 aliphatic heterocycles. The minimum atomic E-state index is -0.170. The van der Waals surface area contributed by atoms with Gasteiger partial charge in [-0.15, -0.1) is 0 Å². The summed E-state index contributed by atoms with van der Waals surface area (Å²) in [7, 11) is 1.94. The van der Waals surface area contributed by atoms with Gasteiger partial charge in [0.05, 0.1) is 0 Å². The highest BCUT2D eigenvalue weighted by atomic mass is 79.9. The number of hydrogen-bond donors (Lipinski definition) is 1. The van der Waals surface area contributed by atoms with Crippen molar-refractivity contribution in [2.45, 2.75) is 31.7 Å². The van der Waals surface area contributed by atoms with Gasteiger partial charge < -0.3 is 5.32 Å². The first-order valence-electron chi connectivity index (χ1n) is 5.82. The van der Waals surface area contributed by atoms with E-state index in [0.717, 1.165) is 22.4 Å². The molecule has 0 radical (unpaired) electrons. The first-order chi connectivity index (χ1) is 7.69. The maximum Gasteiger partial charge on any atom is 0.124 e. The highest BCUT2D eigenvalue weighted by Gasteiger charge is 2.22. The molecule has 16 heavy (non-hydrogen) atoms. The Hall–Kier alpha value is -0.410. The van der Waals surface area contributed by atoms with Crippen molar-refractivity contribution in [1.29, 1.82) is 0 Å². The fourth-order valence-corrected chi connectivity index (χ4v) is 2.55. The molecule has 0 saturated heterocycles. The Balaban J connectivity index is 2.04. The Kier molecular flexibility index (Phi) is 3.98. The van der Waals surface area contributed by atoms with Crippen molar-refractivity contribution in [3.8, 4) is 0 Å². The lowest BCUT2D eigenvalue weighted by molar-refractivity contribution is 0.502. The molecule has 1 nitrogen and oxygen atoms in total. The van der Waals surface area contributed by atoms with E-state index in [2.05, 4.69) is 21.2 Å². The molecule has 0 aromatic heterocycles. The number of hydrogen-bond acceptors (Lipinski definition) is 1. The third kappa shape index (κ3) is 3.29. The summed E-state index contributed by atoms with van der Waals surface area (Å²) in [6.07, 6.45) is 5.10. The van der Waals surface area contributed by atoms with Crippen LogP contribution < -0.4 is 5.32 Å². The van der Waals surface area contributed by atoms with Gasteiger partial charge in [-0.1, -0.05) is 28.8 Å². The molecular formula is C13H17BrFN. The maximum absolute atomic E-state index is 13.3. The Morgan fingerprint density at radius 1 is 1.44 bits per heavy atom. The van der Waals surface area contributed by atoms with E-state index in [1.165, 1.54) is 25.3 Å². The lowest BCUT2D eigenvalue weighted by Crippen LogP contribution is -2.16. The molecule has 1 aromatic carbocycles. The molecule has 1 aromatic rings. The van der Waals surface area contributed by atoms with Crippen LogP contribution in [0.15, 0.2) is 22.7 Å². The quantitative estimate of drug-likeness (QED) is 0.861. The van der Waals surface area contributed by atoms with Crippen LogP contribution in [0.5, 0.6) is 0 Å². The molecule has 1 fully saturated rings. The predicted molar refractivity (Wildman–Crippen MR) is 67.9 cm³/mol. The van der Waals surface area contributed by atoms with E-state index in [0.29, 0.717) is 0 Å². The average molecular weight is 286 g/mol. The number of rotatable bonds is 5. The van der Waals surface area contributed by atoms with Gasteiger partial charge in [0.15, 0.2) is 0 Å². The maximum atomic E-state index is 13.3. The van der Waals surface area contributed by atoms with Crippen LogP contribution in [0.25, 0.3) is 0 Å². The molecule has 0 amide bonds. The third-order valence-electron chi connectivity index (χ3n) is 3.20. The van der Waals surface area contributed by atoms with Gasteiger partial charge in [0.2, 0.25) is 0 Å². The first-order valence-corrected chi connectivity index (χ1v) is 6.61. The van der Waals surface area contributed by atoms with Gasteiger partial charge in [0.1, 0.15) is 5.82 Å². The van der Waals surface area contributed by atoms with Gasteiger partial charge in [-0.05, 0) is 49.6 Å². The van der Waals surface area contributed by atoms with Crippen LogP contribution in [0.1, 0.15) is 37.3 Å². The SMILES string of the molecule is CNC(CCC1CC1)c1cc(F)cc(Br)c1. The number of halogens is 2. The first kappa shape index (κ1) is 12.1. The van der Waals surface area contributed by atoms with E-state index in [1.807, 2.05) is 13.1 Å². The van der Waals surface area contributed by atoms with Crippen molar-refractivity contribution >= 4 is 15.9 Å². The van der Waals surface area contributed by atoms with E-state index >= 15 is 0 Å². The number of benzene rings is 1. The Morgan fingerprint density at radius 2 is 2.19 bits per heavy atom. The highest BCUT2D eigenvalue weighted by Crippen LogP contribution is 2.36. The Labute approximate surface area is 105 Å². The zero-order chi connectivity index (χ0) is 11.5. The average Bonchev–Trinajstić information content (AvgIpc) is 3.01. The van der Waals surface area contributed by atoms with Gasteiger partial charge in [0, 0.05) is 10.5 Å². The third-order valence-corrected chi connectivity index (χ3v) is 3.65. The molecule has 0 spiro atoms. The Morgan fingerprint density at radius 3 is 2.75 bits per heavy atom. The van der Waals surface area contributed by atoms with Crippen molar-refractivity contribution < 1.29 is 4.39 Å². The van der Waals surface area contributed by atoms with Crippen molar-refractivity contribution in [2.75, 3.05) is 7.05 Å². The molecule has 1 aliphatic rings. The molecule has 0 bridgehead atoms. The van der Waals surface area contributed by atoms with Gasteiger partial charge in [-0.25, -0.2) is 4.39 Å². The van der Waals surface area contributed by atoms with Gasteiger partial charge in [-0.2, -0.15) is 0 Å². The summed E-state index contributed by atoms with van der Waals surface area (Å²) >= 11 is 3.34. The largest absolute Gasteiger partial charge is 0.313 e. The number of nitrogens with one attached hydrogen (secondary N) is 1. The summed E-state index contributed by atoms with van der Waals surface area (Å²) in [5, 5.41) is 3.27. The second kappa shape index (κ2) is 5.28. The van der Waals surface area contributed by atoms with Gasteiger partial charge in [0.25, 0.3) is 0 Å². The molecular weight excluding hydrogens is 269 g/mol. The van der Waals surface area contributed by atoms with Gasteiger partial charge in [-0.3, -0.25) is 0 Å². The van der Waals surface area contributed by atoms with Crippen molar-refractivity contribution in [1.82, 2.24) is 5.32 Å². The van der Waals surface area contributed by atoms with Crippen LogP contribution in [0.4, 0.5) is 4.39 Å². The van der Waals surface area contributed by atoms with Crippen LogP contribution in [0.3, 0.4) is 0 Å². The van der Waals surface area contributed by atoms with Crippen molar-refractivity contribution in [3.05, 3.63) is 34.1 Å². The molecule has 1 N–H and O–H groups in total. The molecule has 88 valence electrons. The summed E-state index contributed by atoms with van der Waals surface area (Å²) in [6.45, 7) is 0. The van der Waals surface area contributed by atoms with E-state index in [9.17, 15) is 4.39 Å². The van der Waals surface area contributed by atoms with Crippen LogP contribution in [-0.2, 0) is 0 Å². The molecule has 1 aliphatic carbocycles. The zero-order valence-electron chi connectivity index (χ0n) is 9.47. The van der Waals surface area contributed by atoms with Crippen LogP contribution in [-0.4, -0.2) is 7.05 Å². The normalized spacial score (nSPS) is 17.4. The summed E-state index contributed by atoms with van der Waals surface area (Å²) in [4.78, 5) is 0. The van der Waals surface area contributed by atoms with Crippen LogP contribution >= 0.6 is 15.9 Å². The minimum absolute atomic E-state index is 0.170. The lowest BCUT2D eigenvalue weighted by atomic mass is 10.0. The summed E-state index contributed by atoms with van der Waals surface area (Å²) in [5.74, 6) is 0.754. The standard InChI is InChI=1S/C13H17BrFN/c1-16-13(5-4-9-2-3-9)10-6-11(14)8-12(15)7-10/h6-9,13,16H,2-5H2,1H3. The summed E-state index contributed by atoms with van der Waals surface area (Å²) < 4.78 is 14.1. The van der Waals surface area contributed by atoms with Crippen molar-refractivity contribution in [2.24, 2.45) is 5.92 Å². The van der Waals surface area contributed by atoms with E-state index in [1.54, 1.807) is 6.07 Å². The molecule has 1 saturated carbocycles. The topological polar surface area (TPSA) is 12.0 Å². The monoisotopic (exact) mass is 285 g/mol. The van der Waals surface area contributed by atoms with E-state index < -0.39 is 0 Å². The molecule has 0 heterocycles. The lowest BCUT2D eigenvalue weighted by Gasteiger charge is -2.17. The zero-order valence-corrected chi connectivity index (χ0v) is 11.1. The minimum Gasteiger partial charge on any atom is -0.313 e. The second-order valence-electron chi connectivity index (χ2n) is 4.56. The second-order valence-corrected chi connectivity index (χ2v) is 5.48. The highest BCUT2D eigenvalue weighted by molar-refractivity contribution is 9.10. The smallest absolute Gasteiger partial charge is 0.124 e. The van der Waals surface area contributed by atoms with E-state index in [-0.39, 0.29) is 11.9 Å². The van der Waals surface area contributed by atoms with Crippen LogP contribution in [0, 0.1) is 11.7 Å². The van der Waals surface area contributed by atoms with Gasteiger partial charge >= 0.3 is 0 Å². The Bertz CT molecular complexity index is 343. The molecule has 1 unspecified atom stereocenters.